The van der Waals surface area contributed by atoms with Crippen LogP contribution in [0.15, 0.2) is 0 Å². The van der Waals surface area contributed by atoms with Gasteiger partial charge in [-0.3, -0.25) is 9.59 Å². The maximum absolute atomic E-state index is 11.1. The molecule has 0 aliphatic rings. The van der Waals surface area contributed by atoms with Crippen LogP contribution < -0.4 is 5.73 Å². The van der Waals surface area contributed by atoms with Crippen molar-refractivity contribution in [3.8, 4) is 0 Å². The number of nitrogens with two attached hydrogens (primary N) is 1. The molecule has 2 atom stereocenters. The number of carboxylic acid groups (broad SMARTS) is 1. The zero-order chi connectivity index (χ0) is 12.9. The molecule has 0 fully saturated rings. The Labute approximate surface area is 91.0 Å². The van der Waals surface area contributed by atoms with E-state index in [1.807, 2.05) is 0 Å². The molecule has 0 rings (SSSR count). The van der Waals surface area contributed by atoms with Gasteiger partial charge in [0.25, 0.3) is 0 Å². The van der Waals surface area contributed by atoms with Crippen molar-refractivity contribution in [2.24, 2.45) is 17.1 Å². The average molecular weight is 218 g/mol. The second-order valence-corrected chi connectivity index (χ2v) is 4.24. The maximum atomic E-state index is 11.1. The third-order valence-electron chi connectivity index (χ3n) is 2.23. The normalized spacial score (nSPS) is 16.4. The third-order valence-corrected chi connectivity index (χ3v) is 2.23. The van der Waals surface area contributed by atoms with E-state index in [0.29, 0.717) is 0 Å². The Hall–Kier alpha value is -1.10. The van der Waals surface area contributed by atoms with E-state index in [4.69, 9.17) is 12.2 Å². The summed E-state index contributed by atoms with van der Waals surface area (Å²) in [5, 5.41) is 9.05. The summed E-state index contributed by atoms with van der Waals surface area (Å²) in [4.78, 5) is 22.2. The molecule has 15 heavy (non-hydrogen) atoms. The van der Waals surface area contributed by atoms with Crippen LogP contribution in [0, 0.1) is 11.3 Å². The summed E-state index contributed by atoms with van der Waals surface area (Å²) in [6.45, 7) is 3.30. The first-order chi connectivity index (χ1) is 7.26. The van der Waals surface area contributed by atoms with Gasteiger partial charge in [-0.25, -0.2) is 0 Å². The highest BCUT2D eigenvalue weighted by Gasteiger charge is 2.34. The van der Waals surface area contributed by atoms with Gasteiger partial charge in [0, 0.05) is 1.37 Å². The van der Waals surface area contributed by atoms with Crippen LogP contribution in [0.2, 0.25) is 0 Å². The van der Waals surface area contributed by atoms with Crippen LogP contribution in [0.1, 0.15) is 28.5 Å². The SMILES string of the molecule is [2H]CC(C)(C)C(C[C@H](N)C(=O)OC)C(=O)O. The van der Waals surface area contributed by atoms with E-state index in [1.165, 1.54) is 7.11 Å². The van der Waals surface area contributed by atoms with Gasteiger partial charge < -0.3 is 15.6 Å². The molecule has 0 aliphatic carbocycles. The molecule has 0 spiro atoms. The van der Waals surface area contributed by atoms with Gasteiger partial charge in [0.15, 0.2) is 0 Å². The number of esters is 1. The molecule has 5 heteroatoms. The van der Waals surface area contributed by atoms with Crippen LogP contribution in [0.5, 0.6) is 0 Å². The Bertz CT molecular complexity index is 268. The maximum Gasteiger partial charge on any atom is 0.322 e. The van der Waals surface area contributed by atoms with E-state index in [2.05, 4.69) is 4.74 Å². The smallest absolute Gasteiger partial charge is 0.322 e. The molecule has 0 saturated heterocycles. The summed E-state index contributed by atoms with van der Waals surface area (Å²) >= 11 is 0. The number of rotatable bonds is 4. The highest BCUT2D eigenvalue weighted by Crippen LogP contribution is 2.29. The van der Waals surface area contributed by atoms with Crippen molar-refractivity contribution in [2.45, 2.75) is 33.2 Å². The molecule has 0 radical (unpaired) electrons. The Morgan fingerprint density at radius 3 is 2.47 bits per heavy atom. The summed E-state index contributed by atoms with van der Waals surface area (Å²) in [6.07, 6.45) is -0.0200. The summed E-state index contributed by atoms with van der Waals surface area (Å²) in [5.41, 5.74) is 4.79. The number of carboxylic acids is 1. The Morgan fingerprint density at radius 1 is 1.60 bits per heavy atom. The molecule has 0 bridgehead atoms. The van der Waals surface area contributed by atoms with Gasteiger partial charge >= 0.3 is 11.9 Å². The molecule has 0 heterocycles. The second kappa shape index (κ2) is 5.11. The van der Waals surface area contributed by atoms with Gasteiger partial charge in [-0.1, -0.05) is 20.7 Å². The lowest BCUT2D eigenvalue weighted by Gasteiger charge is -2.28. The van der Waals surface area contributed by atoms with Gasteiger partial charge in [-0.15, -0.1) is 0 Å². The van der Waals surface area contributed by atoms with E-state index in [-0.39, 0.29) is 13.3 Å². The van der Waals surface area contributed by atoms with Crippen LogP contribution in [-0.2, 0) is 14.3 Å². The number of methoxy groups -OCH3 is 1. The van der Waals surface area contributed by atoms with Gasteiger partial charge in [0.2, 0.25) is 0 Å². The standard InChI is InChI=1S/C10H19NO4/c1-10(2,3)6(8(12)13)5-7(11)9(14)15-4/h6-7H,5,11H2,1-4H3,(H,12,13)/t6?,7-/m0/s1/i1D. The minimum absolute atomic E-state index is 0.0200. The molecular weight excluding hydrogens is 198 g/mol. The number of hydrogen-bond donors (Lipinski definition) is 2. The van der Waals surface area contributed by atoms with Crippen molar-refractivity contribution in [3.05, 3.63) is 0 Å². The number of aliphatic carboxylic acids is 1. The summed E-state index contributed by atoms with van der Waals surface area (Å²) in [5.74, 6) is -2.51. The first-order valence-corrected chi connectivity index (χ1v) is 4.61. The van der Waals surface area contributed by atoms with Gasteiger partial charge in [-0.2, -0.15) is 0 Å². The molecule has 1 unspecified atom stereocenters. The molecule has 0 aliphatic heterocycles. The molecule has 0 amide bonds. The van der Waals surface area contributed by atoms with Gasteiger partial charge in [-0.05, 0) is 11.8 Å². The highest BCUT2D eigenvalue weighted by molar-refractivity contribution is 5.77. The minimum Gasteiger partial charge on any atom is -0.481 e. The van der Waals surface area contributed by atoms with Crippen LogP contribution in [-0.4, -0.2) is 30.2 Å². The summed E-state index contributed by atoms with van der Waals surface area (Å²) in [6, 6.07) is -0.961. The number of hydrogen-bond acceptors (Lipinski definition) is 4. The zero-order valence-corrected chi connectivity index (χ0v) is 9.32. The third kappa shape index (κ3) is 4.29. The Balaban J connectivity index is 4.71. The number of carbonyl (C=O) groups is 2. The first kappa shape index (κ1) is 12.0. The van der Waals surface area contributed by atoms with E-state index in [1.54, 1.807) is 13.8 Å². The van der Waals surface area contributed by atoms with Crippen molar-refractivity contribution in [3.63, 3.8) is 0 Å². The Morgan fingerprint density at radius 2 is 2.13 bits per heavy atom. The fraction of sp³-hybridized carbons (Fsp3) is 0.800. The zero-order valence-electron chi connectivity index (χ0n) is 10.3. The molecule has 0 aromatic heterocycles. The predicted molar refractivity (Wildman–Crippen MR) is 55.2 cm³/mol. The van der Waals surface area contributed by atoms with Crippen molar-refractivity contribution in [2.75, 3.05) is 7.11 Å². The van der Waals surface area contributed by atoms with Crippen LogP contribution in [0.3, 0.4) is 0 Å². The lowest BCUT2D eigenvalue weighted by atomic mass is 9.77. The quantitative estimate of drug-likeness (QED) is 0.675. The lowest BCUT2D eigenvalue weighted by Crippen LogP contribution is -2.39. The van der Waals surface area contributed by atoms with Crippen LogP contribution in [0.4, 0.5) is 0 Å². The minimum atomic E-state index is -1.04. The molecule has 3 N–H and O–H groups in total. The van der Waals surface area contributed by atoms with E-state index in [9.17, 15) is 9.59 Å². The molecular formula is C10H19NO4. The average Bonchev–Trinajstić information content (AvgIpc) is 2.23. The second-order valence-electron chi connectivity index (χ2n) is 4.24. The summed E-state index contributed by atoms with van der Waals surface area (Å²) < 4.78 is 11.7. The largest absolute Gasteiger partial charge is 0.481 e. The van der Waals surface area contributed by atoms with E-state index in [0.717, 1.165) is 0 Å². The summed E-state index contributed by atoms with van der Waals surface area (Å²) in [7, 11) is 1.20. The predicted octanol–water partition coefficient (Wildman–Crippen LogP) is 0.624. The van der Waals surface area contributed by atoms with E-state index < -0.39 is 29.3 Å². The molecule has 0 aromatic carbocycles. The fourth-order valence-corrected chi connectivity index (χ4v) is 1.26. The number of carbonyl (C=O) groups excluding carboxylic acids is 1. The van der Waals surface area contributed by atoms with Gasteiger partial charge in [0.05, 0.1) is 13.0 Å². The molecule has 0 aromatic rings. The van der Waals surface area contributed by atoms with Crippen molar-refractivity contribution in [1.29, 1.82) is 0 Å². The topological polar surface area (TPSA) is 89.6 Å². The van der Waals surface area contributed by atoms with E-state index >= 15 is 0 Å². The molecule has 88 valence electrons. The highest BCUT2D eigenvalue weighted by atomic mass is 16.5. The van der Waals surface area contributed by atoms with Crippen LogP contribution >= 0.6 is 0 Å². The number of ether oxygens (including phenoxy) is 1. The molecule has 5 nitrogen and oxygen atoms in total. The van der Waals surface area contributed by atoms with Crippen molar-refractivity contribution < 1.29 is 20.8 Å². The fourth-order valence-electron chi connectivity index (χ4n) is 1.26. The van der Waals surface area contributed by atoms with Crippen LogP contribution in [0.25, 0.3) is 0 Å². The Kier molecular flexibility index (Phi) is 4.08. The first-order valence-electron chi connectivity index (χ1n) is 5.32. The molecule has 0 saturated carbocycles. The lowest BCUT2D eigenvalue weighted by molar-refractivity contribution is -0.148. The van der Waals surface area contributed by atoms with Gasteiger partial charge in [0.1, 0.15) is 6.04 Å². The monoisotopic (exact) mass is 218 g/mol. The van der Waals surface area contributed by atoms with Crippen molar-refractivity contribution >= 4 is 11.9 Å². The van der Waals surface area contributed by atoms with Crippen molar-refractivity contribution in [1.82, 2.24) is 0 Å².